The summed E-state index contributed by atoms with van der Waals surface area (Å²) in [6.07, 6.45) is 2.87. The first-order valence-electron chi connectivity index (χ1n) is 10.7. The third-order valence-corrected chi connectivity index (χ3v) is 6.17. The minimum absolute atomic E-state index is 0.128. The second kappa shape index (κ2) is 9.21. The van der Waals surface area contributed by atoms with Crippen molar-refractivity contribution in [3.63, 3.8) is 0 Å². The molecular weight excluding hydrogens is 390 g/mol. The maximum Gasteiger partial charge on any atom is 0.189 e. The first kappa shape index (κ1) is 22.3. The Balaban J connectivity index is 2.19. The number of fused-ring (bicyclic) bond motifs is 1. The number of nitrogens with zero attached hydrogens (tertiary/aromatic N) is 3. The maximum atomic E-state index is 10.2. The quantitative estimate of drug-likeness (QED) is 0.687. The Labute approximate surface area is 183 Å². The summed E-state index contributed by atoms with van der Waals surface area (Å²) in [5.74, 6) is -0.416. The van der Waals surface area contributed by atoms with Gasteiger partial charge in [-0.05, 0) is 42.7 Å². The molecule has 1 fully saturated rings. The van der Waals surface area contributed by atoms with E-state index >= 15 is 0 Å². The van der Waals surface area contributed by atoms with Crippen molar-refractivity contribution >= 4 is 5.71 Å². The van der Waals surface area contributed by atoms with E-state index < -0.39 is 17.3 Å². The number of hydrogen-bond donors (Lipinski definition) is 2. The van der Waals surface area contributed by atoms with Gasteiger partial charge in [0.15, 0.2) is 16.9 Å². The number of nitrogens with one attached hydrogen (secondary N) is 2. The minimum Gasteiger partial charge on any atom is -0.490 e. The lowest BCUT2D eigenvalue weighted by Crippen LogP contribution is -3.10. The molecule has 1 heterocycles. The number of ether oxygens (including phenoxy) is 2. The van der Waals surface area contributed by atoms with Crippen LogP contribution in [0, 0.1) is 56.7 Å². The molecule has 7 nitrogen and oxygen atoms in total. The van der Waals surface area contributed by atoms with Gasteiger partial charge in [0.05, 0.1) is 57.3 Å². The van der Waals surface area contributed by atoms with Crippen molar-refractivity contribution in [3.8, 4) is 29.7 Å². The monoisotopic (exact) mass is 418 g/mol. The lowest BCUT2D eigenvalue weighted by molar-refractivity contribution is -0.878. The fourth-order valence-electron chi connectivity index (χ4n) is 4.75. The standard InChI is InChI=1S/C24H27N5O2/c1-4-10-31-20-7-6-16(11-21(20)30-5-2)22-19-13-29(3)9-8-17(19)18(12-25)23(28)24(22,14-26)15-27/h6-8,11,18-19,22,28H,4-5,9-10,13H2,1-3H3/p+1/t18-,19-,22+/m1/s1. The Hall–Kier alpha value is -3.34. The van der Waals surface area contributed by atoms with Crippen LogP contribution in [0.4, 0.5) is 0 Å². The Morgan fingerprint density at radius 2 is 1.90 bits per heavy atom. The van der Waals surface area contributed by atoms with Crippen LogP contribution in [0.15, 0.2) is 29.8 Å². The van der Waals surface area contributed by atoms with Crippen LogP contribution < -0.4 is 14.4 Å². The summed E-state index contributed by atoms with van der Waals surface area (Å²) in [5.41, 5.74) is -0.234. The number of rotatable bonds is 6. The van der Waals surface area contributed by atoms with E-state index in [0.717, 1.165) is 24.1 Å². The van der Waals surface area contributed by atoms with Gasteiger partial charge >= 0.3 is 0 Å². The van der Waals surface area contributed by atoms with Crippen LogP contribution in [-0.4, -0.2) is 39.1 Å². The first-order chi connectivity index (χ1) is 15.0. The number of benzene rings is 1. The van der Waals surface area contributed by atoms with Gasteiger partial charge < -0.3 is 19.8 Å². The summed E-state index contributed by atoms with van der Waals surface area (Å²) in [4.78, 5) is 1.24. The summed E-state index contributed by atoms with van der Waals surface area (Å²) in [5, 5.41) is 38.8. The normalized spacial score (nSPS) is 26.5. The Bertz CT molecular complexity index is 996. The summed E-state index contributed by atoms with van der Waals surface area (Å²) in [6.45, 7) is 6.36. The predicted molar refractivity (Wildman–Crippen MR) is 115 cm³/mol. The van der Waals surface area contributed by atoms with Gasteiger partial charge in [-0.3, -0.25) is 0 Å². The van der Waals surface area contributed by atoms with E-state index in [0.29, 0.717) is 31.3 Å². The molecule has 2 N–H and O–H groups in total. The summed E-state index contributed by atoms with van der Waals surface area (Å²) in [6, 6.07) is 12.0. The molecule has 160 valence electrons. The van der Waals surface area contributed by atoms with Crippen molar-refractivity contribution in [2.24, 2.45) is 17.3 Å². The van der Waals surface area contributed by atoms with Crippen molar-refractivity contribution in [3.05, 3.63) is 35.4 Å². The van der Waals surface area contributed by atoms with Gasteiger partial charge in [0.1, 0.15) is 5.92 Å². The highest BCUT2D eigenvalue weighted by atomic mass is 16.5. The van der Waals surface area contributed by atoms with Gasteiger partial charge in [-0.1, -0.05) is 13.0 Å². The third kappa shape index (κ3) is 3.76. The molecule has 1 saturated carbocycles. The van der Waals surface area contributed by atoms with Gasteiger partial charge in [0.2, 0.25) is 0 Å². The smallest absolute Gasteiger partial charge is 0.189 e. The molecule has 1 aromatic carbocycles. The molecule has 0 saturated heterocycles. The predicted octanol–water partition coefficient (Wildman–Crippen LogP) is 2.24. The van der Waals surface area contributed by atoms with Crippen LogP contribution in [0.3, 0.4) is 0 Å². The highest BCUT2D eigenvalue weighted by Crippen LogP contribution is 2.53. The fourth-order valence-corrected chi connectivity index (χ4v) is 4.75. The first-order valence-corrected chi connectivity index (χ1v) is 10.7. The molecule has 0 bridgehead atoms. The van der Waals surface area contributed by atoms with E-state index in [2.05, 4.69) is 25.3 Å². The average molecular weight is 419 g/mol. The average Bonchev–Trinajstić information content (AvgIpc) is 2.78. The van der Waals surface area contributed by atoms with Gasteiger partial charge in [-0.2, -0.15) is 15.8 Å². The van der Waals surface area contributed by atoms with E-state index in [1.165, 1.54) is 4.90 Å². The van der Waals surface area contributed by atoms with E-state index in [-0.39, 0.29) is 11.6 Å². The molecule has 7 heteroatoms. The number of quaternary nitrogens is 1. The fraction of sp³-hybridized carbons (Fsp3) is 0.500. The molecule has 0 amide bonds. The molecule has 1 aliphatic carbocycles. The largest absolute Gasteiger partial charge is 0.490 e. The maximum absolute atomic E-state index is 10.2. The third-order valence-electron chi connectivity index (χ3n) is 6.17. The topological polar surface area (TPSA) is 118 Å². The van der Waals surface area contributed by atoms with Crippen LogP contribution in [0.5, 0.6) is 11.5 Å². The molecule has 2 aliphatic rings. The van der Waals surface area contributed by atoms with Crippen LogP contribution >= 0.6 is 0 Å². The van der Waals surface area contributed by atoms with Crippen molar-refractivity contribution in [1.82, 2.24) is 0 Å². The number of hydrogen-bond acceptors (Lipinski definition) is 6. The Kier molecular flexibility index (Phi) is 6.64. The van der Waals surface area contributed by atoms with E-state index in [1.54, 1.807) is 0 Å². The number of nitriles is 3. The van der Waals surface area contributed by atoms with E-state index in [1.807, 2.05) is 38.1 Å². The molecular formula is C24H28N5O2+. The molecule has 3 rings (SSSR count). The second-order valence-electron chi connectivity index (χ2n) is 8.15. The summed E-state index contributed by atoms with van der Waals surface area (Å²) >= 11 is 0. The van der Waals surface area contributed by atoms with Crippen LogP contribution in [0.2, 0.25) is 0 Å². The van der Waals surface area contributed by atoms with Crippen LogP contribution in [0.25, 0.3) is 0 Å². The van der Waals surface area contributed by atoms with Gasteiger partial charge in [-0.15, -0.1) is 0 Å². The highest BCUT2D eigenvalue weighted by Gasteiger charge is 2.58. The number of likely N-dealkylation sites (N-methyl/N-ethyl adjacent to an activating group) is 1. The zero-order valence-corrected chi connectivity index (χ0v) is 18.2. The summed E-state index contributed by atoms with van der Waals surface area (Å²) in [7, 11) is 2.05. The molecule has 0 aromatic heterocycles. The van der Waals surface area contributed by atoms with Crippen molar-refractivity contribution in [2.75, 3.05) is 33.4 Å². The lowest BCUT2D eigenvalue weighted by atomic mass is 9.54. The zero-order chi connectivity index (χ0) is 22.6. The van der Waals surface area contributed by atoms with Gasteiger partial charge in [-0.25, -0.2) is 0 Å². The highest BCUT2D eigenvalue weighted by molar-refractivity contribution is 6.00. The molecule has 0 radical (unpaired) electrons. The van der Waals surface area contributed by atoms with E-state index in [9.17, 15) is 15.8 Å². The molecule has 1 unspecified atom stereocenters. The van der Waals surface area contributed by atoms with Crippen LogP contribution in [-0.2, 0) is 0 Å². The molecule has 0 spiro atoms. The van der Waals surface area contributed by atoms with Crippen molar-refractivity contribution in [2.45, 2.75) is 26.2 Å². The second-order valence-corrected chi connectivity index (χ2v) is 8.15. The van der Waals surface area contributed by atoms with Gasteiger partial charge in [0, 0.05) is 11.8 Å². The molecule has 1 aromatic rings. The molecule has 1 aliphatic heterocycles. The van der Waals surface area contributed by atoms with Crippen molar-refractivity contribution in [1.29, 1.82) is 21.2 Å². The lowest BCUT2D eigenvalue weighted by Gasteiger charge is -2.46. The Morgan fingerprint density at radius 1 is 1.16 bits per heavy atom. The SMILES string of the molecule is CCCOc1ccc([C@H]2[C@@H]3C[NH+](C)CC=C3[C@@H](C#N)C(=N)C2(C#N)C#N)cc1OCC. The Morgan fingerprint density at radius 3 is 2.52 bits per heavy atom. The minimum atomic E-state index is -1.71. The van der Waals surface area contributed by atoms with Crippen molar-refractivity contribution < 1.29 is 14.4 Å². The molecule has 4 atom stereocenters. The van der Waals surface area contributed by atoms with Crippen LogP contribution in [0.1, 0.15) is 31.7 Å². The zero-order valence-electron chi connectivity index (χ0n) is 18.2. The molecule has 31 heavy (non-hydrogen) atoms. The van der Waals surface area contributed by atoms with Gasteiger partial charge in [0.25, 0.3) is 0 Å². The summed E-state index contributed by atoms with van der Waals surface area (Å²) < 4.78 is 11.6. The van der Waals surface area contributed by atoms with E-state index in [4.69, 9.17) is 14.9 Å².